The van der Waals surface area contributed by atoms with E-state index in [-0.39, 0.29) is 5.56 Å². The number of aromatic amines is 1. The van der Waals surface area contributed by atoms with E-state index in [0.29, 0.717) is 12.6 Å². The van der Waals surface area contributed by atoms with Crippen LogP contribution in [-0.2, 0) is 6.54 Å². The van der Waals surface area contributed by atoms with Crippen molar-refractivity contribution < 1.29 is 0 Å². The van der Waals surface area contributed by atoms with Gasteiger partial charge in [0.05, 0.1) is 12.1 Å². The first kappa shape index (κ1) is 18.9. The molecule has 140 valence electrons. The van der Waals surface area contributed by atoms with Crippen LogP contribution in [0.3, 0.4) is 0 Å². The maximum Gasteiger partial charge on any atom is 0.253 e. The first-order chi connectivity index (χ1) is 12.5. The van der Waals surface area contributed by atoms with E-state index in [0.717, 1.165) is 46.5 Å². The molecule has 1 aliphatic carbocycles. The van der Waals surface area contributed by atoms with Crippen molar-refractivity contribution in [1.82, 2.24) is 15.2 Å². The van der Waals surface area contributed by atoms with Gasteiger partial charge in [0, 0.05) is 18.2 Å². The van der Waals surface area contributed by atoms with Crippen LogP contribution >= 0.6 is 12.2 Å². The summed E-state index contributed by atoms with van der Waals surface area (Å²) in [5.41, 5.74) is 4.05. The predicted octanol–water partition coefficient (Wildman–Crippen LogP) is 4.17. The maximum absolute atomic E-state index is 12.7. The highest BCUT2D eigenvalue weighted by atomic mass is 32.1. The smallest absolute Gasteiger partial charge is 0.253 e. The second kappa shape index (κ2) is 8.21. The van der Waals surface area contributed by atoms with E-state index >= 15 is 0 Å². The summed E-state index contributed by atoms with van der Waals surface area (Å²) >= 11 is 5.63. The third-order valence-corrected chi connectivity index (χ3v) is 5.95. The van der Waals surface area contributed by atoms with Crippen LogP contribution in [0.2, 0.25) is 0 Å². The molecule has 0 amide bonds. The lowest BCUT2D eigenvalue weighted by atomic mass is 9.94. The van der Waals surface area contributed by atoms with Crippen molar-refractivity contribution >= 4 is 28.2 Å². The molecule has 0 atom stereocenters. The summed E-state index contributed by atoms with van der Waals surface area (Å²) in [6.07, 6.45) is 6.07. The Morgan fingerprint density at radius 1 is 1.27 bits per heavy atom. The van der Waals surface area contributed by atoms with Crippen LogP contribution in [0.15, 0.2) is 23.0 Å². The summed E-state index contributed by atoms with van der Waals surface area (Å²) in [5.74, 6) is 0. The Balaban J connectivity index is 1.95. The molecule has 0 bridgehead atoms. The highest BCUT2D eigenvalue weighted by Gasteiger charge is 2.24. The van der Waals surface area contributed by atoms with Crippen LogP contribution < -0.4 is 10.9 Å². The number of thiocarbonyl (C=S) groups is 1. The standard InChI is InChI=1S/C21H29N3OS/c1-4-22-21(26)24(18-8-6-5-7-9-18)13-17-12-16-11-10-14(2)15(3)19(16)23-20(17)25/h10-12,18H,4-9,13H2,1-3H3,(H,22,26)(H,23,25). The molecule has 0 unspecified atom stereocenters. The molecular weight excluding hydrogens is 342 g/mol. The van der Waals surface area contributed by atoms with Crippen molar-refractivity contribution in [3.63, 3.8) is 0 Å². The molecular formula is C21H29N3OS. The number of aromatic nitrogens is 1. The van der Waals surface area contributed by atoms with Gasteiger partial charge in [0.1, 0.15) is 0 Å². The van der Waals surface area contributed by atoms with Gasteiger partial charge in [-0.05, 0) is 68.4 Å². The van der Waals surface area contributed by atoms with Gasteiger partial charge in [-0.3, -0.25) is 4.79 Å². The maximum atomic E-state index is 12.7. The molecule has 2 aromatic rings. The van der Waals surface area contributed by atoms with E-state index < -0.39 is 0 Å². The number of nitrogens with one attached hydrogen (secondary N) is 2. The minimum absolute atomic E-state index is 0.00805. The zero-order chi connectivity index (χ0) is 18.7. The Hall–Kier alpha value is -1.88. The summed E-state index contributed by atoms with van der Waals surface area (Å²) in [5, 5.41) is 5.13. The normalized spacial score (nSPS) is 15.2. The van der Waals surface area contributed by atoms with Crippen molar-refractivity contribution in [3.05, 3.63) is 45.2 Å². The average Bonchev–Trinajstić information content (AvgIpc) is 2.64. The van der Waals surface area contributed by atoms with Gasteiger partial charge < -0.3 is 15.2 Å². The SMILES string of the molecule is CCNC(=S)N(Cc1cc2ccc(C)c(C)c2[nH]c1=O)C1CCCCC1. The molecule has 0 spiro atoms. The lowest BCUT2D eigenvalue weighted by Gasteiger charge is -2.36. The number of aryl methyl sites for hydroxylation is 2. The topological polar surface area (TPSA) is 48.1 Å². The molecule has 1 fully saturated rings. The largest absolute Gasteiger partial charge is 0.363 e. The Labute approximate surface area is 161 Å². The van der Waals surface area contributed by atoms with Gasteiger partial charge in [0.2, 0.25) is 0 Å². The number of hydrogen-bond acceptors (Lipinski definition) is 2. The Morgan fingerprint density at radius 3 is 2.69 bits per heavy atom. The molecule has 0 radical (unpaired) electrons. The van der Waals surface area contributed by atoms with Gasteiger partial charge in [0.25, 0.3) is 5.56 Å². The van der Waals surface area contributed by atoms with Gasteiger partial charge >= 0.3 is 0 Å². The van der Waals surface area contributed by atoms with Crippen LogP contribution in [0.25, 0.3) is 10.9 Å². The fourth-order valence-electron chi connectivity index (χ4n) is 3.88. The van der Waals surface area contributed by atoms with Crippen molar-refractivity contribution in [2.75, 3.05) is 6.54 Å². The molecule has 4 nitrogen and oxygen atoms in total. The molecule has 5 heteroatoms. The minimum atomic E-state index is -0.00805. The van der Waals surface area contributed by atoms with Crippen LogP contribution in [0.4, 0.5) is 0 Å². The minimum Gasteiger partial charge on any atom is -0.363 e. The summed E-state index contributed by atoms with van der Waals surface area (Å²) < 4.78 is 0. The van der Waals surface area contributed by atoms with Crippen LogP contribution in [0, 0.1) is 13.8 Å². The predicted molar refractivity (Wildman–Crippen MR) is 113 cm³/mol. The number of rotatable bonds is 4. The van der Waals surface area contributed by atoms with Gasteiger partial charge in [0.15, 0.2) is 5.11 Å². The summed E-state index contributed by atoms with van der Waals surface area (Å²) in [6.45, 7) is 7.55. The summed E-state index contributed by atoms with van der Waals surface area (Å²) in [7, 11) is 0. The number of H-pyrrole nitrogens is 1. The third kappa shape index (κ3) is 3.93. The van der Waals surface area contributed by atoms with Crippen molar-refractivity contribution in [2.24, 2.45) is 0 Å². The number of pyridine rings is 1. The first-order valence-corrected chi connectivity index (χ1v) is 10.1. The van der Waals surface area contributed by atoms with Gasteiger partial charge in [-0.1, -0.05) is 31.4 Å². The lowest BCUT2D eigenvalue weighted by Crippen LogP contribution is -2.47. The van der Waals surface area contributed by atoms with Crippen LogP contribution in [-0.4, -0.2) is 27.6 Å². The number of fused-ring (bicyclic) bond motifs is 1. The molecule has 1 aromatic heterocycles. The van der Waals surface area contributed by atoms with E-state index in [4.69, 9.17) is 12.2 Å². The van der Waals surface area contributed by atoms with E-state index in [9.17, 15) is 4.79 Å². The van der Waals surface area contributed by atoms with Crippen molar-refractivity contribution in [3.8, 4) is 0 Å². The molecule has 1 aromatic carbocycles. The molecule has 1 saturated carbocycles. The molecule has 1 aliphatic rings. The fraction of sp³-hybridized carbons (Fsp3) is 0.524. The lowest BCUT2D eigenvalue weighted by molar-refractivity contribution is 0.235. The highest BCUT2D eigenvalue weighted by Crippen LogP contribution is 2.25. The second-order valence-electron chi connectivity index (χ2n) is 7.35. The van der Waals surface area contributed by atoms with E-state index in [1.165, 1.54) is 24.8 Å². The average molecular weight is 372 g/mol. The second-order valence-corrected chi connectivity index (χ2v) is 7.74. The fourth-order valence-corrected chi connectivity index (χ4v) is 4.24. The highest BCUT2D eigenvalue weighted by molar-refractivity contribution is 7.80. The van der Waals surface area contributed by atoms with Gasteiger partial charge in [-0.2, -0.15) is 0 Å². The molecule has 0 aliphatic heterocycles. The Kier molecular flexibility index (Phi) is 5.97. The monoisotopic (exact) mass is 371 g/mol. The van der Waals surface area contributed by atoms with Crippen molar-refractivity contribution in [1.29, 1.82) is 0 Å². The molecule has 3 rings (SSSR count). The summed E-state index contributed by atoms with van der Waals surface area (Å²) in [6, 6.07) is 6.66. The Morgan fingerprint density at radius 2 is 2.00 bits per heavy atom. The van der Waals surface area contributed by atoms with Gasteiger partial charge in [-0.15, -0.1) is 0 Å². The number of hydrogen-bond donors (Lipinski definition) is 2. The van der Waals surface area contributed by atoms with E-state index in [2.05, 4.69) is 48.1 Å². The third-order valence-electron chi connectivity index (χ3n) is 5.57. The molecule has 1 heterocycles. The zero-order valence-corrected chi connectivity index (χ0v) is 16.8. The van der Waals surface area contributed by atoms with Crippen molar-refractivity contribution in [2.45, 2.75) is 65.5 Å². The zero-order valence-electron chi connectivity index (χ0n) is 16.0. The van der Waals surface area contributed by atoms with Crippen LogP contribution in [0.5, 0.6) is 0 Å². The van der Waals surface area contributed by atoms with Gasteiger partial charge in [-0.25, -0.2) is 0 Å². The molecule has 26 heavy (non-hydrogen) atoms. The van der Waals surface area contributed by atoms with E-state index in [1.54, 1.807) is 0 Å². The Bertz CT molecular complexity index is 852. The van der Waals surface area contributed by atoms with E-state index in [1.807, 2.05) is 6.07 Å². The molecule has 2 N–H and O–H groups in total. The number of benzene rings is 1. The summed E-state index contributed by atoms with van der Waals surface area (Å²) in [4.78, 5) is 18.1. The first-order valence-electron chi connectivity index (χ1n) is 9.68. The van der Waals surface area contributed by atoms with Crippen LogP contribution in [0.1, 0.15) is 55.7 Å². The number of nitrogens with zero attached hydrogens (tertiary/aromatic N) is 1. The quantitative estimate of drug-likeness (QED) is 0.792. The molecule has 0 saturated heterocycles.